The summed E-state index contributed by atoms with van der Waals surface area (Å²) in [5.41, 5.74) is 1.88. The van der Waals surface area contributed by atoms with Crippen molar-refractivity contribution >= 4 is 0 Å². The maximum absolute atomic E-state index is 15.5. The van der Waals surface area contributed by atoms with Crippen LogP contribution in [0.1, 0.15) is 68.9 Å². The lowest BCUT2D eigenvalue weighted by atomic mass is 9.90. The van der Waals surface area contributed by atoms with Gasteiger partial charge in [-0.25, -0.2) is 8.78 Å². The molecule has 0 aliphatic carbocycles. The maximum Gasteiger partial charge on any atom is 0.127 e. The van der Waals surface area contributed by atoms with E-state index >= 15 is 4.39 Å². The second-order valence-electron chi connectivity index (χ2n) is 10.1. The highest BCUT2D eigenvalue weighted by molar-refractivity contribution is 5.41. The van der Waals surface area contributed by atoms with Crippen LogP contribution in [0.15, 0.2) is 43.0 Å². The van der Waals surface area contributed by atoms with Crippen LogP contribution in [0.25, 0.3) is 0 Å². The number of methoxy groups -OCH3 is 3. The van der Waals surface area contributed by atoms with Gasteiger partial charge in [0.15, 0.2) is 0 Å². The number of halogens is 2. The number of hydrogen-bond acceptors (Lipinski definition) is 5. The number of hydrogen-bond donors (Lipinski definition) is 0. The Morgan fingerprint density at radius 3 is 2.16 bits per heavy atom. The molecule has 0 saturated carbocycles. The summed E-state index contributed by atoms with van der Waals surface area (Å²) in [6, 6.07) is 7.70. The van der Waals surface area contributed by atoms with Crippen molar-refractivity contribution < 1.29 is 32.5 Å². The largest absolute Gasteiger partial charge is 0.496 e. The Balaban J connectivity index is 2.26. The molecule has 0 N–H and O–H groups in total. The number of benzene rings is 2. The molecule has 0 radical (unpaired) electrons. The molecule has 2 aromatic rings. The highest BCUT2D eigenvalue weighted by Crippen LogP contribution is 2.37. The average molecular weight is 535 g/mol. The molecule has 0 heterocycles. The highest BCUT2D eigenvalue weighted by atomic mass is 19.1. The molecule has 0 aliphatic rings. The van der Waals surface area contributed by atoms with Crippen LogP contribution in [0, 0.1) is 23.5 Å². The minimum Gasteiger partial charge on any atom is -0.496 e. The third-order valence-corrected chi connectivity index (χ3v) is 6.38. The first-order chi connectivity index (χ1) is 18.2. The van der Waals surface area contributed by atoms with E-state index in [1.165, 1.54) is 12.1 Å². The molecule has 1 unspecified atom stereocenters. The summed E-state index contributed by atoms with van der Waals surface area (Å²) in [7, 11) is 4.80. The van der Waals surface area contributed by atoms with Crippen LogP contribution in [0.3, 0.4) is 0 Å². The summed E-state index contributed by atoms with van der Waals surface area (Å²) in [5.74, 6) is 0.867. The van der Waals surface area contributed by atoms with Crippen molar-refractivity contribution in [3.8, 4) is 11.5 Å². The molecule has 2 rings (SSSR count). The van der Waals surface area contributed by atoms with Crippen LogP contribution in [0.2, 0.25) is 0 Å². The molecule has 0 fully saturated rings. The van der Waals surface area contributed by atoms with E-state index in [1.807, 2.05) is 6.92 Å². The lowest BCUT2D eigenvalue weighted by Gasteiger charge is -2.25. The molecule has 3 atom stereocenters. The fraction of sp³-hybridized carbons (Fsp3) is 0.548. The van der Waals surface area contributed by atoms with E-state index in [1.54, 1.807) is 45.6 Å². The van der Waals surface area contributed by atoms with E-state index < -0.39 is 6.10 Å². The van der Waals surface area contributed by atoms with Gasteiger partial charge in [0.2, 0.25) is 0 Å². The summed E-state index contributed by atoms with van der Waals surface area (Å²) in [6.45, 7) is 11.4. The smallest absolute Gasteiger partial charge is 0.127 e. The van der Waals surface area contributed by atoms with Gasteiger partial charge in [0.05, 0.1) is 33.0 Å². The SMILES string of the molecule is C=CCO[C@@H](CC(C)Cc1cc(OC)c([C@H](CC(C)C)OCCCOC)cc1F)c1cc(F)ccc1OC. The van der Waals surface area contributed by atoms with Gasteiger partial charge >= 0.3 is 0 Å². The molecule has 5 nitrogen and oxygen atoms in total. The Labute approximate surface area is 227 Å². The second kappa shape index (κ2) is 16.5. The van der Waals surface area contributed by atoms with Crippen molar-refractivity contribution in [1.29, 1.82) is 0 Å². The average Bonchev–Trinajstić information content (AvgIpc) is 2.89. The third-order valence-electron chi connectivity index (χ3n) is 6.38. The first kappa shape index (κ1) is 31.7. The monoisotopic (exact) mass is 534 g/mol. The van der Waals surface area contributed by atoms with Crippen molar-refractivity contribution in [2.75, 3.05) is 41.2 Å². The van der Waals surface area contributed by atoms with Crippen LogP contribution in [-0.2, 0) is 20.6 Å². The van der Waals surface area contributed by atoms with E-state index in [2.05, 4.69) is 20.4 Å². The van der Waals surface area contributed by atoms with E-state index in [-0.39, 0.29) is 23.7 Å². The molecular formula is C31H44F2O5. The highest BCUT2D eigenvalue weighted by Gasteiger charge is 2.24. The quantitative estimate of drug-likeness (QED) is 0.145. The van der Waals surface area contributed by atoms with Crippen molar-refractivity contribution in [2.45, 2.75) is 58.7 Å². The van der Waals surface area contributed by atoms with E-state index in [0.29, 0.717) is 66.8 Å². The third kappa shape index (κ3) is 9.68. The van der Waals surface area contributed by atoms with E-state index in [9.17, 15) is 4.39 Å². The Morgan fingerprint density at radius 1 is 0.842 bits per heavy atom. The van der Waals surface area contributed by atoms with Crippen LogP contribution >= 0.6 is 0 Å². The van der Waals surface area contributed by atoms with Gasteiger partial charge in [-0.1, -0.05) is 26.8 Å². The van der Waals surface area contributed by atoms with Gasteiger partial charge in [0.25, 0.3) is 0 Å². The Kier molecular flexibility index (Phi) is 13.8. The zero-order chi connectivity index (χ0) is 28.1. The zero-order valence-electron chi connectivity index (χ0n) is 23.7. The minimum atomic E-state index is -0.436. The minimum absolute atomic E-state index is 0.0135. The normalized spacial score (nSPS) is 13.8. The molecule has 0 aliphatic heterocycles. The summed E-state index contributed by atoms with van der Waals surface area (Å²) in [4.78, 5) is 0. The molecule has 2 aromatic carbocycles. The van der Waals surface area contributed by atoms with Gasteiger partial charge < -0.3 is 23.7 Å². The number of rotatable bonds is 18. The molecule has 212 valence electrons. The molecule has 0 aromatic heterocycles. The predicted octanol–water partition coefficient (Wildman–Crippen LogP) is 7.63. The van der Waals surface area contributed by atoms with Crippen molar-refractivity contribution in [3.05, 3.63) is 71.3 Å². The Morgan fingerprint density at radius 2 is 1.53 bits per heavy atom. The lowest BCUT2D eigenvalue weighted by molar-refractivity contribution is 0.0249. The Bertz CT molecular complexity index is 994. The van der Waals surface area contributed by atoms with Gasteiger partial charge in [-0.2, -0.15) is 0 Å². The van der Waals surface area contributed by atoms with Crippen molar-refractivity contribution in [2.24, 2.45) is 11.8 Å². The standard InChI is InChI=1S/C31H44F2O5/c1-8-12-37-31(25-19-24(32)10-11-28(25)35-6)17-22(4)16-23-18-29(36-7)26(20-27(23)33)30(15-21(2)3)38-14-9-13-34-5/h8,10-11,18-22,30-31H,1,9,12-17H2,2-7H3/t22?,30-,31-/m0/s1. The Hall–Kier alpha value is -2.48. The summed E-state index contributed by atoms with van der Waals surface area (Å²) >= 11 is 0. The first-order valence-corrected chi connectivity index (χ1v) is 13.3. The fourth-order valence-corrected chi connectivity index (χ4v) is 4.59. The molecular weight excluding hydrogens is 490 g/mol. The first-order valence-electron chi connectivity index (χ1n) is 13.3. The van der Waals surface area contributed by atoms with Gasteiger partial charge in [-0.15, -0.1) is 6.58 Å². The molecule has 0 amide bonds. The predicted molar refractivity (Wildman–Crippen MR) is 147 cm³/mol. The fourth-order valence-electron chi connectivity index (χ4n) is 4.59. The van der Waals surface area contributed by atoms with E-state index in [0.717, 1.165) is 12.8 Å². The number of ether oxygens (including phenoxy) is 5. The van der Waals surface area contributed by atoms with Crippen LogP contribution in [0.5, 0.6) is 11.5 Å². The molecule has 38 heavy (non-hydrogen) atoms. The van der Waals surface area contributed by atoms with Gasteiger partial charge in [-0.3, -0.25) is 0 Å². The van der Waals surface area contributed by atoms with Crippen LogP contribution in [-0.4, -0.2) is 41.2 Å². The molecule has 7 heteroatoms. The van der Waals surface area contributed by atoms with Crippen molar-refractivity contribution in [1.82, 2.24) is 0 Å². The molecule has 0 bridgehead atoms. The van der Waals surface area contributed by atoms with Gasteiger partial charge in [0, 0.05) is 31.5 Å². The van der Waals surface area contributed by atoms with Gasteiger partial charge in [0.1, 0.15) is 23.1 Å². The van der Waals surface area contributed by atoms with E-state index in [4.69, 9.17) is 23.7 Å². The maximum atomic E-state index is 15.5. The van der Waals surface area contributed by atoms with Crippen LogP contribution in [0.4, 0.5) is 8.78 Å². The summed E-state index contributed by atoms with van der Waals surface area (Å²) < 4.78 is 57.9. The van der Waals surface area contributed by atoms with Gasteiger partial charge in [-0.05, 0) is 73.4 Å². The summed E-state index contributed by atoms with van der Waals surface area (Å²) in [5, 5.41) is 0. The summed E-state index contributed by atoms with van der Waals surface area (Å²) in [6.07, 6.45) is 3.44. The molecule has 0 spiro atoms. The second-order valence-corrected chi connectivity index (χ2v) is 10.1. The topological polar surface area (TPSA) is 46.2 Å². The van der Waals surface area contributed by atoms with Crippen LogP contribution < -0.4 is 9.47 Å². The van der Waals surface area contributed by atoms with Crippen molar-refractivity contribution in [3.63, 3.8) is 0 Å². The zero-order valence-corrected chi connectivity index (χ0v) is 23.7. The lowest BCUT2D eigenvalue weighted by Crippen LogP contribution is -2.14. The molecule has 0 saturated heterocycles.